The van der Waals surface area contributed by atoms with Crippen molar-refractivity contribution in [2.24, 2.45) is 7.05 Å². The van der Waals surface area contributed by atoms with Crippen molar-refractivity contribution in [1.82, 2.24) is 14.8 Å². The Bertz CT molecular complexity index is 595. The monoisotopic (exact) mass is 244 g/mol. The first kappa shape index (κ1) is 11.5. The Kier molecular flexibility index (Phi) is 3.15. The maximum atomic E-state index is 11.8. The summed E-state index contributed by atoms with van der Waals surface area (Å²) in [4.78, 5) is 15.7. The number of pyridine rings is 1. The van der Waals surface area contributed by atoms with Crippen molar-refractivity contribution in [1.29, 1.82) is 5.39 Å². The van der Waals surface area contributed by atoms with Gasteiger partial charge < -0.3 is 5.32 Å². The summed E-state index contributed by atoms with van der Waals surface area (Å²) in [6.45, 7) is 0. The molecule has 1 amide bonds. The molecule has 0 aliphatic carbocycles. The Labute approximate surface area is 102 Å². The molecule has 0 radical (unpaired) electrons. The average Bonchev–Trinajstić information content (AvgIpc) is 2.76. The van der Waals surface area contributed by atoms with Crippen molar-refractivity contribution >= 4 is 17.4 Å². The fourth-order valence-electron chi connectivity index (χ4n) is 1.33. The van der Waals surface area contributed by atoms with Gasteiger partial charge >= 0.3 is 5.08 Å². The molecule has 0 bridgehead atoms. The minimum Gasteiger partial charge on any atom is -0.319 e. The number of aryl methyl sites for hydroxylation is 1. The predicted molar refractivity (Wildman–Crippen MR) is 64.1 cm³/mol. The van der Waals surface area contributed by atoms with Crippen LogP contribution < -0.4 is 10.7 Å². The summed E-state index contributed by atoms with van der Waals surface area (Å²) in [6.07, 6.45) is 4.61. The number of hydrogen-bond donors (Lipinski definition) is 2. The number of nitrogens with zero attached hydrogens (tertiary/aromatic N) is 5. The number of aromatic nitrogens is 3. The quantitative estimate of drug-likeness (QED) is 0.625. The molecule has 2 heterocycles. The molecule has 0 aliphatic heterocycles. The van der Waals surface area contributed by atoms with Crippen LogP contribution in [0.4, 0.5) is 11.5 Å². The Morgan fingerprint density at radius 2 is 2.28 bits per heavy atom. The van der Waals surface area contributed by atoms with E-state index in [-0.39, 0.29) is 5.91 Å². The van der Waals surface area contributed by atoms with Crippen molar-refractivity contribution in [3.63, 3.8) is 0 Å². The molecule has 0 aliphatic rings. The van der Waals surface area contributed by atoms with E-state index in [1.165, 1.54) is 12.3 Å². The van der Waals surface area contributed by atoms with Gasteiger partial charge in [-0.05, 0) is 12.1 Å². The number of carbonyl (C=O) groups excluding carboxylic acids is 1. The van der Waals surface area contributed by atoms with E-state index in [0.717, 1.165) is 0 Å². The lowest BCUT2D eigenvalue weighted by Crippen LogP contribution is -2.11. The highest BCUT2D eigenvalue weighted by Crippen LogP contribution is 2.09. The topological polar surface area (TPSA) is 100.0 Å². The SMILES string of the molecule is Cn1cc(NC(=O)c2ccc(N[N+]#N)nc2)cn1. The lowest BCUT2D eigenvalue weighted by atomic mass is 10.2. The third-order valence-corrected chi connectivity index (χ3v) is 2.15. The second kappa shape index (κ2) is 4.92. The number of diazo groups is 1. The third-order valence-electron chi connectivity index (χ3n) is 2.15. The van der Waals surface area contributed by atoms with Gasteiger partial charge in [0.2, 0.25) is 5.82 Å². The Balaban J connectivity index is 2.07. The van der Waals surface area contributed by atoms with Crippen LogP contribution in [0.25, 0.3) is 5.08 Å². The Hall–Kier alpha value is -2.95. The van der Waals surface area contributed by atoms with Crippen LogP contribution in [0.15, 0.2) is 30.7 Å². The van der Waals surface area contributed by atoms with E-state index in [1.54, 1.807) is 30.2 Å². The van der Waals surface area contributed by atoms with Crippen LogP contribution in [0, 0.1) is 5.39 Å². The Morgan fingerprint density at radius 1 is 1.44 bits per heavy atom. The molecule has 0 unspecified atom stereocenters. The minimum absolute atomic E-state index is 0.289. The van der Waals surface area contributed by atoms with Gasteiger partial charge in [0.1, 0.15) is 0 Å². The molecule has 0 saturated carbocycles. The van der Waals surface area contributed by atoms with E-state index in [1.807, 2.05) is 0 Å². The fraction of sp³-hybridized carbons (Fsp3) is 0.100. The van der Waals surface area contributed by atoms with Crippen molar-refractivity contribution < 1.29 is 4.79 Å². The normalized spacial score (nSPS) is 9.56. The summed E-state index contributed by atoms with van der Waals surface area (Å²) in [5, 5.41) is 17.6. The zero-order chi connectivity index (χ0) is 13.0. The molecule has 0 saturated heterocycles. The average molecular weight is 244 g/mol. The number of carbonyl (C=O) groups is 1. The van der Waals surface area contributed by atoms with Gasteiger partial charge in [0.25, 0.3) is 11.3 Å². The summed E-state index contributed by atoms with van der Waals surface area (Å²) >= 11 is 0. The predicted octanol–water partition coefficient (Wildman–Crippen LogP) is 1.25. The van der Waals surface area contributed by atoms with Crippen molar-refractivity contribution in [2.45, 2.75) is 0 Å². The molecule has 2 aromatic heterocycles. The molecule has 8 nitrogen and oxygen atoms in total. The first-order valence-corrected chi connectivity index (χ1v) is 5.05. The first-order chi connectivity index (χ1) is 8.69. The molecule has 2 rings (SSSR count). The van der Waals surface area contributed by atoms with Gasteiger partial charge in [0, 0.05) is 24.9 Å². The van der Waals surface area contributed by atoms with Crippen LogP contribution >= 0.6 is 0 Å². The highest BCUT2D eigenvalue weighted by Gasteiger charge is 2.08. The Morgan fingerprint density at radius 3 is 2.83 bits per heavy atom. The van der Waals surface area contributed by atoms with Gasteiger partial charge in [-0.3, -0.25) is 9.48 Å². The van der Waals surface area contributed by atoms with Crippen LogP contribution in [0.5, 0.6) is 0 Å². The van der Waals surface area contributed by atoms with E-state index in [0.29, 0.717) is 17.1 Å². The van der Waals surface area contributed by atoms with Gasteiger partial charge in [0.05, 0.1) is 17.4 Å². The van der Waals surface area contributed by atoms with Crippen LogP contribution in [-0.2, 0) is 7.05 Å². The van der Waals surface area contributed by atoms with Gasteiger partial charge in [-0.2, -0.15) is 5.10 Å². The van der Waals surface area contributed by atoms with E-state index in [9.17, 15) is 4.79 Å². The molecule has 2 aromatic rings. The summed E-state index contributed by atoms with van der Waals surface area (Å²) < 4.78 is 1.59. The van der Waals surface area contributed by atoms with E-state index in [4.69, 9.17) is 5.39 Å². The fourth-order valence-corrected chi connectivity index (χ4v) is 1.33. The highest BCUT2D eigenvalue weighted by atomic mass is 16.1. The molecule has 8 heteroatoms. The third kappa shape index (κ3) is 2.59. The largest absolute Gasteiger partial charge is 0.319 e. The zero-order valence-electron chi connectivity index (χ0n) is 9.53. The zero-order valence-corrected chi connectivity index (χ0v) is 9.53. The molecular formula is C10H10N7O+. The molecule has 0 atom stereocenters. The minimum atomic E-state index is -0.289. The summed E-state index contributed by atoms with van der Waals surface area (Å²) in [5.74, 6) is 0.0541. The molecule has 0 spiro atoms. The molecule has 18 heavy (non-hydrogen) atoms. The van der Waals surface area contributed by atoms with Crippen LogP contribution in [0.2, 0.25) is 0 Å². The van der Waals surface area contributed by atoms with Gasteiger partial charge in [-0.15, -0.1) is 0 Å². The van der Waals surface area contributed by atoms with Crippen LogP contribution in [0.1, 0.15) is 10.4 Å². The van der Waals surface area contributed by atoms with Crippen LogP contribution in [-0.4, -0.2) is 20.7 Å². The number of hydrogen-bond acceptors (Lipinski definition) is 5. The molecular weight excluding hydrogens is 234 g/mol. The number of rotatable bonds is 3. The molecule has 0 aromatic carbocycles. The molecule has 0 fully saturated rings. The maximum Gasteiger partial charge on any atom is 0.309 e. The lowest BCUT2D eigenvalue weighted by Gasteiger charge is -2.01. The van der Waals surface area contributed by atoms with E-state index in [2.05, 4.69) is 25.9 Å². The summed E-state index contributed by atoms with van der Waals surface area (Å²) in [7, 11) is 1.76. The molecule has 90 valence electrons. The van der Waals surface area contributed by atoms with E-state index < -0.39 is 0 Å². The summed E-state index contributed by atoms with van der Waals surface area (Å²) in [6, 6.07) is 3.09. The first-order valence-electron chi connectivity index (χ1n) is 5.05. The highest BCUT2D eigenvalue weighted by molar-refractivity contribution is 6.04. The van der Waals surface area contributed by atoms with E-state index >= 15 is 0 Å². The smallest absolute Gasteiger partial charge is 0.309 e. The van der Waals surface area contributed by atoms with Crippen LogP contribution in [0.3, 0.4) is 0 Å². The molecule has 2 N–H and O–H groups in total. The van der Waals surface area contributed by atoms with Gasteiger partial charge in [-0.1, -0.05) is 0 Å². The number of amides is 1. The number of nitrogens with one attached hydrogen (secondary N) is 2. The standard InChI is InChI=1S/C10H9N7O/c1-17-6-8(5-13-17)14-10(18)7-2-3-9(12-4-7)15-16-11/h2-6H,1H3,(H-,12,14,15,18)/p+1. The van der Waals surface area contributed by atoms with Gasteiger partial charge in [0.15, 0.2) is 0 Å². The van der Waals surface area contributed by atoms with Crippen molar-refractivity contribution in [3.05, 3.63) is 41.4 Å². The van der Waals surface area contributed by atoms with Gasteiger partial charge in [-0.25, -0.2) is 4.98 Å². The van der Waals surface area contributed by atoms with Crippen molar-refractivity contribution in [2.75, 3.05) is 10.7 Å². The van der Waals surface area contributed by atoms with Crippen molar-refractivity contribution in [3.8, 4) is 0 Å². The number of anilines is 2. The lowest BCUT2D eigenvalue weighted by molar-refractivity contribution is 0.102. The summed E-state index contributed by atoms with van der Waals surface area (Å²) in [5.41, 5.74) is 3.25. The second-order valence-electron chi connectivity index (χ2n) is 3.50. The maximum absolute atomic E-state index is 11.8. The second-order valence-corrected chi connectivity index (χ2v) is 3.50.